The number of carbonyl (C=O) groups excluding carboxylic acids is 2. The highest BCUT2D eigenvalue weighted by Crippen LogP contribution is 2.46. The minimum Gasteiger partial charge on any atom is -0.478 e. The number of halogens is 4. The Balaban J connectivity index is 0.000000223. The molecule has 0 aliphatic rings. The van der Waals surface area contributed by atoms with Crippen LogP contribution < -0.4 is 10.6 Å². The van der Waals surface area contributed by atoms with Crippen molar-refractivity contribution in [2.24, 2.45) is 0 Å². The van der Waals surface area contributed by atoms with Gasteiger partial charge in [0.15, 0.2) is 0 Å². The van der Waals surface area contributed by atoms with E-state index < -0.39 is 18.0 Å². The highest BCUT2D eigenvalue weighted by molar-refractivity contribution is 7.17. The molecule has 6 aromatic rings. The van der Waals surface area contributed by atoms with E-state index in [1.165, 1.54) is 23.5 Å². The van der Waals surface area contributed by atoms with Gasteiger partial charge in [0, 0.05) is 48.4 Å². The molecule has 0 saturated heterocycles. The molecule has 0 aliphatic heterocycles. The van der Waals surface area contributed by atoms with Crippen LogP contribution in [0.2, 0.25) is 15.1 Å². The number of hydrogen-bond donors (Lipinski definition) is 4. The van der Waals surface area contributed by atoms with Crippen LogP contribution >= 0.6 is 57.5 Å². The number of nitrogens with one attached hydrogen (secondary N) is 2. The van der Waals surface area contributed by atoms with Crippen LogP contribution in [0.25, 0.3) is 22.3 Å². The van der Waals surface area contributed by atoms with Crippen molar-refractivity contribution in [3.05, 3.63) is 150 Å². The van der Waals surface area contributed by atoms with Gasteiger partial charge in [0.05, 0.1) is 0 Å². The summed E-state index contributed by atoms with van der Waals surface area (Å²) in [6.45, 7) is 5.97. The van der Waals surface area contributed by atoms with Crippen molar-refractivity contribution in [3.63, 3.8) is 0 Å². The molecule has 58 heavy (non-hydrogen) atoms. The Hall–Kier alpha value is -5.24. The molecule has 0 fully saturated rings. The lowest BCUT2D eigenvalue weighted by Gasteiger charge is -2.19. The molecule has 2 amide bonds. The van der Waals surface area contributed by atoms with E-state index in [0.29, 0.717) is 54.3 Å². The van der Waals surface area contributed by atoms with Crippen LogP contribution in [-0.2, 0) is 28.0 Å². The average Bonchev–Trinajstić information content (AvgIpc) is 3.77. The maximum absolute atomic E-state index is 13.4. The van der Waals surface area contributed by atoms with Crippen LogP contribution in [0.3, 0.4) is 0 Å². The smallest absolute Gasteiger partial charge is 0.412 e. The first-order chi connectivity index (χ1) is 27.5. The van der Waals surface area contributed by atoms with E-state index in [0.717, 1.165) is 21.8 Å². The number of thiophene rings is 2. The molecule has 2 aromatic heterocycles. The van der Waals surface area contributed by atoms with E-state index in [1.807, 2.05) is 20.8 Å². The third-order valence-corrected chi connectivity index (χ3v) is 11.7. The molecule has 4 N–H and O–H groups in total. The van der Waals surface area contributed by atoms with Gasteiger partial charge in [0.2, 0.25) is 5.91 Å². The lowest BCUT2D eigenvalue weighted by atomic mass is 9.87. The van der Waals surface area contributed by atoms with E-state index >= 15 is 0 Å². The van der Waals surface area contributed by atoms with Gasteiger partial charge in [-0.2, -0.15) is 0 Å². The maximum atomic E-state index is 13.4. The Kier molecular flexibility index (Phi) is 14.7. The standard InChI is InChI=1S/C24H23ClFNO3S.C19H13Cl2NO4S/c1-24(2,3)21-19(15-8-10-16(25)11-9-15)20(23(29)30)22(31-21)27-18(28)12-7-14-5-4-6-17(26)13-14;20-13-7-5-11(6-8-13)14-10-27-17(16(14)18(23)24)22-19(25)26-9-12-3-1-2-4-15(12)21/h4-6,8-11,13H,7,12H2,1-3H3,(H,27,28)(H,29,30);1-8,10H,9H2,(H,22,25)(H,23,24). The Morgan fingerprint density at radius 1 is 0.759 bits per heavy atom. The number of carboxylic acid groups (broad SMARTS) is 2. The van der Waals surface area contributed by atoms with Crippen LogP contribution in [0.4, 0.5) is 19.2 Å². The third kappa shape index (κ3) is 11.5. The van der Waals surface area contributed by atoms with Gasteiger partial charge in [-0.25, -0.2) is 18.8 Å². The van der Waals surface area contributed by atoms with Gasteiger partial charge < -0.3 is 20.3 Å². The zero-order valence-corrected chi connectivity index (χ0v) is 35.1. The van der Waals surface area contributed by atoms with Crippen molar-refractivity contribution in [2.75, 3.05) is 10.6 Å². The number of anilines is 2. The van der Waals surface area contributed by atoms with Crippen LogP contribution in [0.5, 0.6) is 0 Å². The van der Waals surface area contributed by atoms with Crippen LogP contribution in [0, 0.1) is 5.82 Å². The predicted octanol–water partition coefficient (Wildman–Crippen LogP) is 12.9. The molecule has 0 radical (unpaired) electrons. The van der Waals surface area contributed by atoms with Gasteiger partial charge in [0.1, 0.15) is 33.6 Å². The molecular weight excluding hydrogens is 846 g/mol. The van der Waals surface area contributed by atoms with Crippen LogP contribution in [-0.4, -0.2) is 34.2 Å². The molecule has 0 saturated carbocycles. The molecule has 0 spiro atoms. The second kappa shape index (κ2) is 19.5. The van der Waals surface area contributed by atoms with Crippen molar-refractivity contribution < 1.29 is 38.5 Å². The fourth-order valence-electron chi connectivity index (χ4n) is 5.67. The second-order valence-corrected chi connectivity index (χ2v) is 16.9. The highest BCUT2D eigenvalue weighted by Gasteiger charge is 2.31. The number of benzene rings is 4. The van der Waals surface area contributed by atoms with Gasteiger partial charge in [-0.1, -0.05) is 110 Å². The monoisotopic (exact) mass is 880 g/mol. The number of carboxylic acids is 2. The van der Waals surface area contributed by atoms with Crippen molar-refractivity contribution in [2.45, 2.75) is 45.6 Å². The first-order valence-electron chi connectivity index (χ1n) is 17.5. The number of aryl methyl sites for hydroxylation is 1. The summed E-state index contributed by atoms with van der Waals surface area (Å²) in [4.78, 5) is 49.5. The Morgan fingerprint density at radius 3 is 1.97 bits per heavy atom. The molecule has 15 heteroatoms. The summed E-state index contributed by atoms with van der Waals surface area (Å²) in [6.07, 6.45) is -0.295. The maximum Gasteiger partial charge on any atom is 0.412 e. The van der Waals surface area contributed by atoms with Crippen LogP contribution in [0.15, 0.2) is 102 Å². The first-order valence-corrected chi connectivity index (χ1v) is 20.3. The van der Waals surface area contributed by atoms with E-state index in [9.17, 15) is 33.8 Å². The average molecular weight is 882 g/mol. The van der Waals surface area contributed by atoms with Gasteiger partial charge >= 0.3 is 18.0 Å². The minimum absolute atomic E-state index is 0.00276. The number of carbonyl (C=O) groups is 4. The summed E-state index contributed by atoms with van der Waals surface area (Å²) in [5.74, 6) is -2.94. The van der Waals surface area contributed by atoms with E-state index in [-0.39, 0.29) is 46.3 Å². The van der Waals surface area contributed by atoms with E-state index in [2.05, 4.69) is 10.6 Å². The number of rotatable bonds is 11. The van der Waals surface area contributed by atoms with Crippen molar-refractivity contribution in [1.82, 2.24) is 0 Å². The van der Waals surface area contributed by atoms with Gasteiger partial charge in [-0.3, -0.25) is 10.1 Å². The molecule has 4 aromatic carbocycles. The highest BCUT2D eigenvalue weighted by atomic mass is 35.5. The second-order valence-electron chi connectivity index (χ2n) is 13.7. The molecule has 0 atom stereocenters. The summed E-state index contributed by atoms with van der Waals surface area (Å²) in [6, 6.07) is 26.8. The molecule has 2 heterocycles. The first kappa shape index (κ1) is 43.9. The lowest BCUT2D eigenvalue weighted by molar-refractivity contribution is -0.116. The Morgan fingerprint density at radius 2 is 1.38 bits per heavy atom. The number of hydrogen-bond acceptors (Lipinski definition) is 7. The molecule has 0 bridgehead atoms. The number of aromatic carboxylic acids is 2. The third-order valence-electron chi connectivity index (χ3n) is 8.41. The summed E-state index contributed by atoms with van der Waals surface area (Å²) in [5.41, 5.74) is 3.57. The summed E-state index contributed by atoms with van der Waals surface area (Å²) in [5, 5.41) is 28.6. The Labute approximate surface area is 357 Å². The molecule has 0 aliphatic carbocycles. The van der Waals surface area contributed by atoms with Crippen LogP contribution in [0.1, 0.15) is 63.9 Å². The molecular formula is C43H36Cl3FN2O7S2. The molecule has 6 rings (SSSR count). The van der Waals surface area contributed by atoms with E-state index in [4.69, 9.17) is 39.5 Å². The van der Waals surface area contributed by atoms with Gasteiger partial charge in [-0.05, 0) is 71.0 Å². The van der Waals surface area contributed by atoms with Crippen molar-refractivity contribution in [3.8, 4) is 22.3 Å². The fourth-order valence-corrected chi connectivity index (χ4v) is 8.35. The van der Waals surface area contributed by atoms with E-state index in [1.54, 1.807) is 90.3 Å². The molecule has 300 valence electrons. The number of amides is 2. The van der Waals surface area contributed by atoms with Crippen molar-refractivity contribution in [1.29, 1.82) is 0 Å². The topological polar surface area (TPSA) is 142 Å². The molecule has 9 nitrogen and oxygen atoms in total. The Bertz CT molecular complexity index is 2440. The summed E-state index contributed by atoms with van der Waals surface area (Å²) in [7, 11) is 0. The SMILES string of the molecule is CC(C)(C)c1sc(NC(=O)CCc2cccc(F)c2)c(C(=O)O)c1-c1ccc(Cl)cc1.O=C(Nc1scc(-c2ccc(Cl)cc2)c1C(=O)O)OCc1ccccc1Cl. The zero-order valence-electron chi connectivity index (χ0n) is 31.2. The number of ether oxygens (including phenoxy) is 1. The summed E-state index contributed by atoms with van der Waals surface area (Å²) < 4.78 is 18.5. The normalized spacial score (nSPS) is 10.9. The fraction of sp³-hybridized carbons (Fsp3) is 0.163. The minimum atomic E-state index is -1.15. The van der Waals surface area contributed by atoms with Crippen molar-refractivity contribution >= 4 is 91.4 Å². The lowest BCUT2D eigenvalue weighted by Crippen LogP contribution is -2.15. The zero-order chi connectivity index (χ0) is 42.1. The quantitative estimate of drug-likeness (QED) is 0.101. The summed E-state index contributed by atoms with van der Waals surface area (Å²) >= 11 is 20.3. The van der Waals surface area contributed by atoms with Gasteiger partial charge in [-0.15, -0.1) is 22.7 Å². The largest absolute Gasteiger partial charge is 0.478 e. The van der Waals surface area contributed by atoms with Gasteiger partial charge in [0.25, 0.3) is 0 Å². The molecule has 0 unspecified atom stereocenters. The predicted molar refractivity (Wildman–Crippen MR) is 231 cm³/mol.